The first-order valence-electron chi connectivity index (χ1n) is 1.42. The summed E-state index contributed by atoms with van der Waals surface area (Å²) in [5, 5.41) is 0. The molecule has 0 aliphatic carbocycles. The van der Waals surface area contributed by atoms with Crippen LogP contribution in [-0.4, -0.2) is 31.9 Å². The second-order valence-electron chi connectivity index (χ2n) is 0.937. The zero-order valence-electron chi connectivity index (χ0n) is 4.30. The molecule has 9 heavy (non-hydrogen) atoms. The molecule has 0 spiro atoms. The van der Waals surface area contributed by atoms with Gasteiger partial charge in [0.2, 0.25) is 0 Å². The first-order chi connectivity index (χ1) is 3.73. The van der Waals surface area contributed by atoms with Crippen molar-refractivity contribution in [3.63, 3.8) is 0 Å². The van der Waals surface area contributed by atoms with E-state index in [4.69, 9.17) is 17.2 Å². The maximum Gasteiger partial charge on any atom is 0.425 e. The van der Waals surface area contributed by atoms with Crippen LogP contribution in [0.2, 0.25) is 0 Å². The summed E-state index contributed by atoms with van der Waals surface area (Å²) in [7, 11) is -6.78. The van der Waals surface area contributed by atoms with E-state index in [2.05, 4.69) is 0 Å². The van der Waals surface area contributed by atoms with Gasteiger partial charge in [-0.05, 0) is 0 Å². The van der Waals surface area contributed by atoms with Crippen LogP contribution in [0, 0.1) is 0 Å². The third-order valence-electron chi connectivity index (χ3n) is 0. The molecule has 0 fully saturated rings. The van der Waals surface area contributed by atoms with Crippen LogP contribution in [0.25, 0.3) is 0 Å². The van der Waals surface area contributed by atoms with Crippen LogP contribution >= 0.6 is 0 Å². The van der Waals surface area contributed by atoms with Gasteiger partial charge in [0.1, 0.15) is 0 Å². The van der Waals surface area contributed by atoms with E-state index in [0.29, 0.717) is 6.26 Å². The summed E-state index contributed by atoms with van der Waals surface area (Å²) in [6, 6.07) is 0. The van der Waals surface area contributed by atoms with E-state index in [9.17, 15) is 8.42 Å². The Bertz CT molecular complexity index is 224. The van der Waals surface area contributed by atoms with Crippen molar-refractivity contribution >= 4 is 20.7 Å². The van der Waals surface area contributed by atoms with Gasteiger partial charge in [-0.15, -0.1) is 12.6 Å². The van der Waals surface area contributed by atoms with E-state index in [1.165, 1.54) is 0 Å². The summed E-state index contributed by atoms with van der Waals surface area (Å²) < 4.78 is 51.2. The van der Waals surface area contributed by atoms with E-state index in [1.54, 1.807) is 0 Å². The lowest BCUT2D eigenvalue weighted by atomic mass is 12.0. The fourth-order valence-electron chi connectivity index (χ4n) is 0. The van der Waals surface area contributed by atoms with Gasteiger partial charge in [0.25, 0.3) is 10.1 Å². The van der Waals surface area contributed by atoms with Gasteiger partial charge in [-0.2, -0.15) is 8.42 Å². The van der Waals surface area contributed by atoms with Gasteiger partial charge in [0, 0.05) is 0 Å². The van der Waals surface area contributed by atoms with E-state index in [1.807, 2.05) is 0 Å². The minimum Gasteiger partial charge on any atom is -0.286 e. The van der Waals surface area contributed by atoms with E-state index < -0.39 is 20.7 Å². The van der Waals surface area contributed by atoms with Crippen molar-refractivity contribution in [1.29, 1.82) is 0 Å². The Labute approximate surface area is 53.3 Å². The van der Waals surface area contributed by atoms with Crippen LogP contribution in [0.15, 0.2) is 0 Å². The SMILES string of the molecule is CS(=O)(=O)O.O=S(=O)=O. The second kappa shape index (κ2) is 4.41. The van der Waals surface area contributed by atoms with Gasteiger partial charge >= 0.3 is 10.6 Å². The monoisotopic (exact) mass is 176 g/mol. The Morgan fingerprint density at radius 3 is 1.22 bits per heavy atom. The molecule has 0 amide bonds. The van der Waals surface area contributed by atoms with Crippen LogP contribution in [0.1, 0.15) is 0 Å². The molecule has 0 unspecified atom stereocenters. The molecule has 6 nitrogen and oxygen atoms in total. The maximum absolute atomic E-state index is 9.19. The fraction of sp³-hybridized carbons (Fsp3) is 1.00. The molecule has 0 saturated carbocycles. The van der Waals surface area contributed by atoms with E-state index in [0.717, 1.165) is 0 Å². The van der Waals surface area contributed by atoms with Gasteiger partial charge in [0.05, 0.1) is 6.26 Å². The molecular weight excluding hydrogens is 172 g/mol. The minimum absolute atomic E-state index is 0.715. The highest BCUT2D eigenvalue weighted by atomic mass is 32.2. The highest BCUT2D eigenvalue weighted by Gasteiger charge is 1.81. The maximum atomic E-state index is 9.19. The summed E-state index contributed by atoms with van der Waals surface area (Å²) in [5.41, 5.74) is 0. The Morgan fingerprint density at radius 2 is 1.22 bits per heavy atom. The van der Waals surface area contributed by atoms with Crippen LogP contribution in [0.4, 0.5) is 0 Å². The zero-order valence-corrected chi connectivity index (χ0v) is 5.94. The molecule has 0 radical (unpaired) electrons. The first-order valence-corrected chi connectivity index (χ1v) is 4.27. The highest BCUT2D eigenvalue weighted by molar-refractivity contribution is 7.85. The molecule has 0 aliphatic heterocycles. The van der Waals surface area contributed by atoms with Gasteiger partial charge in [-0.25, -0.2) is 0 Å². The Balaban J connectivity index is 0. The molecule has 0 aromatic heterocycles. The Hall–Kier alpha value is -0.470. The predicted octanol–water partition coefficient (Wildman–Crippen LogP) is -1.50. The summed E-state index contributed by atoms with van der Waals surface area (Å²) in [6.07, 6.45) is 0.715. The molecule has 0 aliphatic rings. The molecule has 0 heterocycles. The molecular formula is CH4O6S2. The Kier molecular flexibility index (Phi) is 5.56. The van der Waals surface area contributed by atoms with Crippen LogP contribution in [0.3, 0.4) is 0 Å². The zero-order chi connectivity index (χ0) is 8.08. The second-order valence-corrected chi connectivity index (χ2v) is 2.81. The summed E-state index contributed by atoms with van der Waals surface area (Å²) in [6.45, 7) is 0. The van der Waals surface area contributed by atoms with Crippen LogP contribution < -0.4 is 0 Å². The van der Waals surface area contributed by atoms with Crippen molar-refractivity contribution in [1.82, 2.24) is 0 Å². The summed E-state index contributed by atoms with van der Waals surface area (Å²) in [5.74, 6) is 0. The largest absolute Gasteiger partial charge is 0.425 e. The minimum atomic E-state index is -3.67. The lowest BCUT2D eigenvalue weighted by Gasteiger charge is -1.69. The first kappa shape index (κ1) is 11.3. The van der Waals surface area contributed by atoms with Gasteiger partial charge in [-0.1, -0.05) is 0 Å². The number of rotatable bonds is 0. The van der Waals surface area contributed by atoms with Crippen molar-refractivity contribution in [2.75, 3.05) is 6.26 Å². The molecule has 8 heteroatoms. The molecule has 56 valence electrons. The molecule has 1 N–H and O–H groups in total. The summed E-state index contributed by atoms with van der Waals surface area (Å²) >= 11 is 0. The normalized spacial score (nSPS) is 9.11. The molecule has 0 rings (SSSR count). The molecule has 0 aromatic rings. The fourth-order valence-corrected chi connectivity index (χ4v) is 0. The van der Waals surface area contributed by atoms with Gasteiger partial charge in [0.15, 0.2) is 0 Å². The van der Waals surface area contributed by atoms with Crippen LogP contribution in [-0.2, 0) is 20.7 Å². The third-order valence-corrected chi connectivity index (χ3v) is 0. The average molecular weight is 176 g/mol. The average Bonchev–Trinajstić information content (AvgIpc) is 1.19. The van der Waals surface area contributed by atoms with Gasteiger partial charge in [-0.3, -0.25) is 4.55 Å². The highest BCUT2D eigenvalue weighted by Crippen LogP contribution is 1.60. The molecule has 0 saturated heterocycles. The lowest BCUT2D eigenvalue weighted by Crippen LogP contribution is -1.88. The van der Waals surface area contributed by atoms with Crippen LogP contribution in [0.5, 0.6) is 0 Å². The van der Waals surface area contributed by atoms with Crippen molar-refractivity contribution in [2.45, 2.75) is 0 Å². The van der Waals surface area contributed by atoms with Crippen molar-refractivity contribution in [3.8, 4) is 0 Å². The van der Waals surface area contributed by atoms with Gasteiger partial charge < -0.3 is 0 Å². The standard InChI is InChI=1S/CH4O3S.O3S/c1-5(2,3)4;1-4(2)3/h1H3,(H,2,3,4);. The third kappa shape index (κ3) is 1040. The lowest BCUT2D eigenvalue weighted by molar-refractivity contribution is 0.490. The quantitative estimate of drug-likeness (QED) is 0.450. The number of hydrogen-bond acceptors (Lipinski definition) is 5. The smallest absolute Gasteiger partial charge is 0.286 e. The predicted molar refractivity (Wildman–Crippen MR) is 27.2 cm³/mol. The van der Waals surface area contributed by atoms with E-state index >= 15 is 0 Å². The van der Waals surface area contributed by atoms with Crippen molar-refractivity contribution in [3.05, 3.63) is 0 Å². The van der Waals surface area contributed by atoms with Crippen molar-refractivity contribution in [2.24, 2.45) is 0 Å². The van der Waals surface area contributed by atoms with Crippen molar-refractivity contribution < 1.29 is 25.6 Å². The molecule has 0 atom stereocenters. The van der Waals surface area contributed by atoms with E-state index in [-0.39, 0.29) is 0 Å². The molecule has 0 bridgehead atoms. The topological polar surface area (TPSA) is 106 Å². The Morgan fingerprint density at radius 1 is 1.22 bits per heavy atom. The summed E-state index contributed by atoms with van der Waals surface area (Å²) in [4.78, 5) is 0. The number of hydrogen-bond donors (Lipinski definition) is 1. The molecule has 0 aromatic carbocycles.